The van der Waals surface area contributed by atoms with Crippen LogP contribution in [0, 0.1) is 35.5 Å². The third-order valence-corrected chi connectivity index (χ3v) is 6.61. The summed E-state index contributed by atoms with van der Waals surface area (Å²) in [5, 5.41) is 43.5. The highest BCUT2D eigenvalue weighted by Gasteiger charge is 2.15. The van der Waals surface area contributed by atoms with Gasteiger partial charge in [-0.25, -0.2) is 9.59 Å². The monoisotopic (exact) mass is 711 g/mol. The molecule has 0 unspecified atom stereocenters. The van der Waals surface area contributed by atoms with Gasteiger partial charge in [0.15, 0.2) is 0 Å². The van der Waals surface area contributed by atoms with Gasteiger partial charge >= 0.3 is 12.1 Å². The van der Waals surface area contributed by atoms with Crippen molar-refractivity contribution in [2.24, 2.45) is 0 Å². The van der Waals surface area contributed by atoms with Gasteiger partial charge in [0, 0.05) is 50.7 Å². The zero-order chi connectivity index (χ0) is 38.8. The van der Waals surface area contributed by atoms with E-state index >= 15 is 0 Å². The molecule has 0 radical (unpaired) electrons. The first-order valence-corrected chi connectivity index (χ1v) is 16.5. The van der Waals surface area contributed by atoms with Gasteiger partial charge in [-0.2, -0.15) is 0 Å². The third kappa shape index (κ3) is 14.3. The maximum absolute atomic E-state index is 13.5. The van der Waals surface area contributed by atoms with Crippen molar-refractivity contribution in [2.75, 3.05) is 26.6 Å². The molecule has 0 atom stereocenters. The summed E-state index contributed by atoms with van der Waals surface area (Å²) in [4.78, 5) is 39.8. The molecule has 11 nitrogen and oxygen atoms in total. The van der Waals surface area contributed by atoms with Crippen LogP contribution in [0.25, 0.3) is 0 Å². The number of benzene rings is 4. The smallest absolute Gasteiger partial charge is 0.323 e. The van der Waals surface area contributed by atoms with Crippen LogP contribution in [0.5, 0.6) is 0 Å². The number of amides is 5. The molecule has 0 aliphatic carbocycles. The zero-order valence-corrected chi connectivity index (χ0v) is 30.2. The Balaban J connectivity index is 1.58. The second kappa shape index (κ2) is 16.6. The number of carbonyl (C=O) groups is 3. The topological polar surface area (TPSA) is 172 Å². The summed E-state index contributed by atoms with van der Waals surface area (Å²) >= 11 is 0. The number of hydrogen-bond donors (Lipinski definition) is 8. The number of rotatable bonds is 6. The summed E-state index contributed by atoms with van der Waals surface area (Å²) in [7, 11) is 0. The summed E-state index contributed by atoms with van der Waals surface area (Å²) < 4.78 is 0. The first kappa shape index (κ1) is 39.2. The van der Waals surface area contributed by atoms with Crippen LogP contribution in [-0.4, -0.2) is 50.1 Å². The van der Waals surface area contributed by atoms with Gasteiger partial charge in [0.25, 0.3) is 5.91 Å². The van der Waals surface area contributed by atoms with Crippen LogP contribution >= 0.6 is 0 Å². The number of carbonyl (C=O) groups excluding carboxylic acids is 3. The van der Waals surface area contributed by atoms with Gasteiger partial charge in [-0.1, -0.05) is 53.7 Å². The third-order valence-electron chi connectivity index (χ3n) is 6.61. The summed E-state index contributed by atoms with van der Waals surface area (Å²) in [6.07, 6.45) is 0. The standard InChI is InChI=1S/C42H41N5O6/c1-40(2,51)19-16-28-10-7-13-32(22-28)43-37(48)31-25-35(46-38(49)44-33-14-8-11-29(23-33)17-20-41(3,4)52)27-36(26-31)47-39(50)45-34-15-9-12-30(24-34)18-21-42(5,6)53/h7-15,22-27,51-53H,1-6H3,(H,43,48)(H2,44,46,49)(H2,45,47,50). The van der Waals surface area contributed by atoms with E-state index in [9.17, 15) is 29.7 Å². The fourth-order valence-corrected chi connectivity index (χ4v) is 4.39. The Morgan fingerprint density at radius 2 is 0.774 bits per heavy atom. The van der Waals surface area contributed by atoms with E-state index in [0.717, 1.165) is 0 Å². The van der Waals surface area contributed by atoms with Crippen LogP contribution < -0.4 is 26.6 Å². The van der Waals surface area contributed by atoms with Crippen LogP contribution in [0.15, 0.2) is 91.0 Å². The Labute approximate surface area is 309 Å². The maximum Gasteiger partial charge on any atom is 0.323 e. The summed E-state index contributed by atoms with van der Waals surface area (Å²) in [6, 6.07) is 23.4. The first-order valence-electron chi connectivity index (χ1n) is 16.5. The predicted molar refractivity (Wildman–Crippen MR) is 209 cm³/mol. The van der Waals surface area contributed by atoms with Crippen molar-refractivity contribution in [3.05, 3.63) is 113 Å². The first-order chi connectivity index (χ1) is 24.8. The van der Waals surface area contributed by atoms with Crippen molar-refractivity contribution < 1.29 is 29.7 Å². The molecule has 0 spiro atoms. The van der Waals surface area contributed by atoms with Crippen LogP contribution in [0.4, 0.5) is 38.0 Å². The molecule has 53 heavy (non-hydrogen) atoms. The number of hydrogen-bond acceptors (Lipinski definition) is 6. The highest BCUT2D eigenvalue weighted by molar-refractivity contribution is 6.08. The molecule has 0 aromatic heterocycles. The summed E-state index contributed by atoms with van der Waals surface area (Å²) in [5.74, 6) is 16.3. The second-order valence-corrected chi connectivity index (χ2v) is 13.6. The Bertz CT molecular complexity index is 2100. The van der Waals surface area contributed by atoms with E-state index in [-0.39, 0.29) is 16.9 Å². The van der Waals surface area contributed by atoms with E-state index in [2.05, 4.69) is 62.1 Å². The predicted octanol–water partition coefficient (Wildman–Crippen LogP) is 6.59. The lowest BCUT2D eigenvalue weighted by Gasteiger charge is -2.14. The van der Waals surface area contributed by atoms with Gasteiger partial charge in [-0.15, -0.1) is 0 Å². The lowest BCUT2D eigenvalue weighted by molar-refractivity contribution is 0.102. The fraction of sp³-hybridized carbons (Fsp3) is 0.214. The van der Waals surface area contributed by atoms with Crippen LogP contribution in [0.3, 0.4) is 0 Å². The largest absolute Gasteiger partial charge is 0.378 e. The lowest BCUT2D eigenvalue weighted by Crippen LogP contribution is -2.22. The molecule has 4 rings (SSSR count). The average Bonchev–Trinajstić information content (AvgIpc) is 3.05. The van der Waals surface area contributed by atoms with Crippen LogP contribution in [0.1, 0.15) is 68.6 Å². The Kier molecular flexibility index (Phi) is 12.3. The van der Waals surface area contributed by atoms with E-state index < -0.39 is 34.8 Å². The van der Waals surface area contributed by atoms with Gasteiger partial charge in [0.2, 0.25) is 0 Å². The molecular weight excluding hydrogens is 670 g/mol. The van der Waals surface area contributed by atoms with Gasteiger partial charge in [0.1, 0.15) is 16.8 Å². The molecule has 5 amide bonds. The molecule has 8 N–H and O–H groups in total. The molecule has 270 valence electrons. The minimum Gasteiger partial charge on any atom is -0.378 e. The number of nitrogens with one attached hydrogen (secondary N) is 5. The Morgan fingerprint density at radius 1 is 0.453 bits per heavy atom. The van der Waals surface area contributed by atoms with Gasteiger partial charge in [0.05, 0.1) is 0 Å². The second-order valence-electron chi connectivity index (χ2n) is 13.6. The van der Waals surface area contributed by atoms with Crippen molar-refractivity contribution in [3.63, 3.8) is 0 Å². The zero-order valence-electron chi connectivity index (χ0n) is 30.2. The molecule has 0 aliphatic rings. The van der Waals surface area contributed by atoms with E-state index in [1.54, 1.807) is 114 Å². The minimum absolute atomic E-state index is 0.110. The van der Waals surface area contributed by atoms with Crippen molar-refractivity contribution in [3.8, 4) is 35.5 Å². The molecule has 0 saturated heterocycles. The van der Waals surface area contributed by atoms with Crippen molar-refractivity contribution in [2.45, 2.75) is 58.3 Å². The van der Waals surface area contributed by atoms with Crippen LogP contribution in [0.2, 0.25) is 0 Å². The molecule has 4 aromatic rings. The highest BCUT2D eigenvalue weighted by Crippen LogP contribution is 2.23. The lowest BCUT2D eigenvalue weighted by atomic mass is 10.1. The molecule has 4 aromatic carbocycles. The normalized spacial score (nSPS) is 10.9. The van der Waals surface area contributed by atoms with Crippen LogP contribution in [-0.2, 0) is 0 Å². The Hall–Kier alpha value is -6.55. The van der Waals surface area contributed by atoms with Gasteiger partial charge < -0.3 is 41.9 Å². The molecule has 0 aliphatic heterocycles. The number of aliphatic hydroxyl groups is 3. The van der Waals surface area contributed by atoms with E-state index in [1.165, 1.54) is 18.2 Å². The average molecular weight is 712 g/mol. The molecular formula is C42H41N5O6. The SMILES string of the molecule is CC(C)(O)C#Cc1cccc(NC(=O)Nc2cc(NC(=O)Nc3cccc(C#CC(C)(C)O)c3)cc(C(=O)Nc3cccc(C#CC(C)(C)O)c3)c2)c1. The fourth-order valence-electron chi connectivity index (χ4n) is 4.39. The van der Waals surface area contributed by atoms with E-state index in [4.69, 9.17) is 0 Å². The quantitative estimate of drug-likeness (QED) is 0.105. The van der Waals surface area contributed by atoms with Crippen molar-refractivity contribution in [1.29, 1.82) is 0 Å². The van der Waals surface area contributed by atoms with Gasteiger partial charge in [-0.3, -0.25) is 4.79 Å². The molecule has 11 heteroatoms. The summed E-state index contributed by atoms with van der Waals surface area (Å²) in [6.45, 7) is 9.39. The van der Waals surface area contributed by atoms with E-state index in [0.29, 0.717) is 33.8 Å². The molecule has 0 bridgehead atoms. The Morgan fingerprint density at radius 3 is 1.11 bits per heavy atom. The highest BCUT2D eigenvalue weighted by atomic mass is 16.3. The van der Waals surface area contributed by atoms with Crippen molar-refractivity contribution >= 4 is 46.4 Å². The minimum atomic E-state index is -1.20. The molecule has 0 heterocycles. The summed E-state index contributed by atoms with van der Waals surface area (Å²) in [5.41, 5.74) is -0.0717. The number of urea groups is 2. The maximum atomic E-state index is 13.5. The van der Waals surface area contributed by atoms with Gasteiger partial charge in [-0.05, 0) is 114 Å². The number of anilines is 5. The molecule has 0 fully saturated rings. The van der Waals surface area contributed by atoms with E-state index in [1.807, 2.05) is 0 Å². The molecule has 0 saturated carbocycles. The van der Waals surface area contributed by atoms with Crippen molar-refractivity contribution in [1.82, 2.24) is 0 Å².